The third-order valence-electron chi connectivity index (χ3n) is 0.931. The standard InChI is InChI=1S/C7H5NS.Na/c9-6-8-7-4-2-1-3-5-7;/h1-5H;. The molecule has 1 aromatic rings. The van der Waals surface area contributed by atoms with Crippen molar-refractivity contribution in [1.29, 1.82) is 0 Å². The van der Waals surface area contributed by atoms with Crippen molar-refractivity contribution >= 4 is 52.6 Å². The van der Waals surface area contributed by atoms with E-state index in [-0.39, 0.29) is 29.6 Å². The average Bonchev–Trinajstić information content (AvgIpc) is 1.91. The summed E-state index contributed by atoms with van der Waals surface area (Å²) < 4.78 is 0. The van der Waals surface area contributed by atoms with Crippen LogP contribution in [-0.4, -0.2) is 34.7 Å². The van der Waals surface area contributed by atoms with Gasteiger partial charge < -0.3 is 0 Å². The summed E-state index contributed by atoms with van der Waals surface area (Å²) in [5.41, 5.74) is 0.854. The molecule has 0 bridgehead atoms. The Hall–Kier alpha value is 0.0200. The summed E-state index contributed by atoms with van der Waals surface area (Å²) in [6.45, 7) is 0. The molecule has 10 heavy (non-hydrogen) atoms. The minimum absolute atomic E-state index is 0. The largest absolute Gasteiger partial charge is 0.195 e. The topological polar surface area (TPSA) is 12.4 Å². The van der Waals surface area contributed by atoms with E-state index >= 15 is 0 Å². The summed E-state index contributed by atoms with van der Waals surface area (Å²) in [5.74, 6) is 0. The molecule has 0 fully saturated rings. The molecule has 0 aliphatic heterocycles. The molecule has 0 aliphatic rings. The predicted molar refractivity (Wildman–Crippen MR) is 46.9 cm³/mol. The Morgan fingerprint density at radius 3 is 2.30 bits per heavy atom. The van der Waals surface area contributed by atoms with E-state index in [1.54, 1.807) is 0 Å². The van der Waals surface area contributed by atoms with Crippen molar-refractivity contribution in [2.75, 3.05) is 0 Å². The summed E-state index contributed by atoms with van der Waals surface area (Å²) in [6, 6.07) is 9.50. The molecule has 0 saturated heterocycles. The third kappa shape index (κ3) is 3.25. The van der Waals surface area contributed by atoms with Crippen LogP contribution in [0.25, 0.3) is 0 Å². The van der Waals surface area contributed by atoms with E-state index in [9.17, 15) is 0 Å². The molecule has 0 unspecified atom stereocenters. The van der Waals surface area contributed by atoms with Crippen molar-refractivity contribution in [3.63, 3.8) is 0 Å². The summed E-state index contributed by atoms with van der Waals surface area (Å²) in [6.07, 6.45) is 0. The summed E-state index contributed by atoms with van der Waals surface area (Å²) >= 11 is 4.42. The van der Waals surface area contributed by atoms with Crippen LogP contribution in [0, 0.1) is 0 Å². The maximum absolute atomic E-state index is 4.42. The van der Waals surface area contributed by atoms with Gasteiger partial charge in [0.25, 0.3) is 0 Å². The first kappa shape index (κ1) is 10.0. The van der Waals surface area contributed by atoms with Gasteiger partial charge in [0.1, 0.15) is 0 Å². The number of thiocarbonyl (C=S) groups is 1. The van der Waals surface area contributed by atoms with E-state index < -0.39 is 0 Å². The summed E-state index contributed by atoms with van der Waals surface area (Å²) in [4.78, 5) is 3.77. The Balaban J connectivity index is 0.000000810. The monoisotopic (exact) mass is 158 g/mol. The van der Waals surface area contributed by atoms with Crippen molar-refractivity contribution < 1.29 is 0 Å². The van der Waals surface area contributed by atoms with Crippen molar-refractivity contribution in [3.8, 4) is 0 Å². The zero-order chi connectivity index (χ0) is 6.53. The summed E-state index contributed by atoms with van der Waals surface area (Å²) in [7, 11) is 0. The van der Waals surface area contributed by atoms with Crippen LogP contribution >= 0.6 is 12.2 Å². The molecule has 1 radical (unpaired) electrons. The van der Waals surface area contributed by atoms with Crippen molar-refractivity contribution in [2.45, 2.75) is 0 Å². The molecular formula is C7H5NNaS. The van der Waals surface area contributed by atoms with Gasteiger partial charge >= 0.3 is 0 Å². The number of rotatable bonds is 1. The number of nitrogens with zero attached hydrogens (tertiary/aromatic N) is 1. The van der Waals surface area contributed by atoms with Gasteiger partial charge in [-0.05, 0) is 24.4 Å². The number of benzene rings is 1. The molecule has 0 spiro atoms. The minimum atomic E-state index is 0. The number of aliphatic imine (C=N–C) groups is 1. The molecule has 45 valence electrons. The Morgan fingerprint density at radius 2 is 1.80 bits per heavy atom. The Kier molecular flexibility index (Phi) is 5.79. The predicted octanol–water partition coefficient (Wildman–Crippen LogP) is 2.04. The van der Waals surface area contributed by atoms with Crippen LogP contribution in [0.1, 0.15) is 0 Å². The molecule has 0 aliphatic carbocycles. The first-order valence-electron chi connectivity index (χ1n) is 2.56. The summed E-state index contributed by atoms with van der Waals surface area (Å²) in [5, 5.41) is 2.29. The first-order chi connectivity index (χ1) is 4.43. The fourth-order valence-corrected chi connectivity index (χ4v) is 0.661. The van der Waals surface area contributed by atoms with Gasteiger partial charge in [0, 0.05) is 29.6 Å². The van der Waals surface area contributed by atoms with Gasteiger partial charge in [0.2, 0.25) is 0 Å². The molecule has 0 saturated carbocycles. The van der Waals surface area contributed by atoms with Gasteiger partial charge in [0.15, 0.2) is 0 Å². The van der Waals surface area contributed by atoms with Crippen LogP contribution in [0.3, 0.4) is 0 Å². The van der Waals surface area contributed by atoms with Crippen LogP contribution in [0.5, 0.6) is 0 Å². The van der Waals surface area contributed by atoms with Gasteiger partial charge in [-0.1, -0.05) is 18.2 Å². The Labute approximate surface area is 87.5 Å². The van der Waals surface area contributed by atoms with Crippen molar-refractivity contribution in [2.24, 2.45) is 4.99 Å². The maximum atomic E-state index is 4.42. The van der Waals surface area contributed by atoms with E-state index in [0.29, 0.717) is 0 Å². The fourth-order valence-electron chi connectivity index (χ4n) is 0.555. The fraction of sp³-hybridized carbons (Fsp3) is 0. The molecule has 1 aromatic carbocycles. The molecule has 0 amide bonds. The average molecular weight is 158 g/mol. The molecule has 1 rings (SSSR count). The van der Waals surface area contributed by atoms with Gasteiger partial charge in [-0.2, -0.15) is 4.99 Å². The van der Waals surface area contributed by atoms with Crippen molar-refractivity contribution in [1.82, 2.24) is 0 Å². The molecule has 1 nitrogen and oxygen atoms in total. The SMILES string of the molecule is S=C=Nc1ccccc1.[Na]. The number of hydrogen-bond donors (Lipinski definition) is 0. The number of hydrogen-bond acceptors (Lipinski definition) is 2. The van der Waals surface area contributed by atoms with E-state index in [1.165, 1.54) is 0 Å². The first-order valence-corrected chi connectivity index (χ1v) is 2.97. The van der Waals surface area contributed by atoms with Gasteiger partial charge in [-0.15, -0.1) is 0 Å². The quantitative estimate of drug-likeness (QED) is 0.346. The van der Waals surface area contributed by atoms with Crippen LogP contribution in [0.2, 0.25) is 0 Å². The number of para-hydroxylation sites is 1. The van der Waals surface area contributed by atoms with Gasteiger partial charge in [0.05, 0.1) is 10.8 Å². The second kappa shape index (κ2) is 5.78. The van der Waals surface area contributed by atoms with Gasteiger partial charge in [-0.3, -0.25) is 0 Å². The minimum Gasteiger partial charge on any atom is -0.195 e. The normalized spacial score (nSPS) is 7.20. The van der Waals surface area contributed by atoms with E-state index in [0.717, 1.165) is 5.69 Å². The molecular weight excluding hydrogens is 153 g/mol. The zero-order valence-corrected chi connectivity index (χ0v) is 8.56. The second-order valence-electron chi connectivity index (χ2n) is 1.54. The molecule has 0 heterocycles. The molecule has 3 heteroatoms. The molecule has 0 N–H and O–H groups in total. The van der Waals surface area contributed by atoms with Crippen LogP contribution in [0.15, 0.2) is 35.3 Å². The smallest absolute Gasteiger partial charge is 0.0739 e. The van der Waals surface area contributed by atoms with E-state index in [1.807, 2.05) is 30.3 Å². The second-order valence-corrected chi connectivity index (χ2v) is 1.72. The van der Waals surface area contributed by atoms with E-state index in [4.69, 9.17) is 0 Å². The molecule has 0 aromatic heterocycles. The third-order valence-corrected chi connectivity index (χ3v) is 1.02. The van der Waals surface area contributed by atoms with Crippen molar-refractivity contribution in [3.05, 3.63) is 30.3 Å². The van der Waals surface area contributed by atoms with Crippen LogP contribution in [-0.2, 0) is 0 Å². The Bertz CT molecular complexity index is 229. The van der Waals surface area contributed by atoms with Crippen LogP contribution < -0.4 is 0 Å². The Morgan fingerprint density at radius 1 is 1.20 bits per heavy atom. The van der Waals surface area contributed by atoms with Crippen LogP contribution in [0.4, 0.5) is 5.69 Å². The number of isothiocyanates is 1. The molecule has 0 atom stereocenters. The zero-order valence-electron chi connectivity index (χ0n) is 5.74. The maximum Gasteiger partial charge on any atom is 0.0739 e. The van der Waals surface area contributed by atoms with Gasteiger partial charge in [-0.25, -0.2) is 0 Å². The van der Waals surface area contributed by atoms with E-state index in [2.05, 4.69) is 22.4 Å².